The average Bonchev–Trinajstić information content (AvgIpc) is 1.42. The molecule has 0 fully saturated rings. The molecule has 0 aliphatic rings. The number of aliphatic hydroxyl groups is 1. The van der Waals surface area contributed by atoms with Gasteiger partial charge in [0.1, 0.15) is 19.3 Å². The van der Waals surface area contributed by atoms with E-state index in [0.29, 0.717) is 25.7 Å². The SMILES string of the molecule is CCCCCCCCCCCCCCCCCCCCCCCCC(=O)OC[C@H](COP(=O)(O)OC[C@@H](O)COP(=O)(O)OC[C@@H](COC(=O)CCCCCCCCC)OC(=O)CCCCCCCCC(C)CC)OC(=O)CCCCCCCCCCCCCCCCCCCCC(C)CC. The maximum absolute atomic E-state index is 13.1. The maximum atomic E-state index is 13.1. The molecular weight excluding hydrogens is 1320 g/mol. The van der Waals surface area contributed by atoms with Crippen molar-refractivity contribution in [2.45, 2.75) is 452 Å². The summed E-state index contributed by atoms with van der Waals surface area (Å²) in [4.78, 5) is 72.8. The summed E-state index contributed by atoms with van der Waals surface area (Å²) in [6.45, 7) is 9.60. The highest BCUT2D eigenvalue weighted by molar-refractivity contribution is 7.47. The van der Waals surface area contributed by atoms with Gasteiger partial charge in [0, 0.05) is 25.7 Å². The van der Waals surface area contributed by atoms with Gasteiger partial charge in [-0.25, -0.2) is 9.13 Å². The number of carbonyl (C=O) groups excluding carboxylic acids is 4. The van der Waals surface area contributed by atoms with Crippen LogP contribution in [0.3, 0.4) is 0 Å². The van der Waals surface area contributed by atoms with E-state index in [1.165, 1.54) is 238 Å². The number of aliphatic hydroxyl groups excluding tert-OH is 1. The Labute approximate surface area is 619 Å². The van der Waals surface area contributed by atoms with E-state index in [0.717, 1.165) is 115 Å². The van der Waals surface area contributed by atoms with E-state index < -0.39 is 97.5 Å². The first-order chi connectivity index (χ1) is 48.9. The molecule has 101 heavy (non-hydrogen) atoms. The zero-order chi connectivity index (χ0) is 74.2. The lowest BCUT2D eigenvalue weighted by Crippen LogP contribution is -2.30. The number of hydrogen-bond donors (Lipinski definition) is 3. The lowest BCUT2D eigenvalue weighted by Gasteiger charge is -2.21. The molecule has 3 N–H and O–H groups in total. The third-order valence-electron chi connectivity index (χ3n) is 19.9. The van der Waals surface area contributed by atoms with Crippen molar-refractivity contribution in [3.63, 3.8) is 0 Å². The minimum Gasteiger partial charge on any atom is -0.462 e. The minimum absolute atomic E-state index is 0.103. The first-order valence-electron chi connectivity index (χ1n) is 42.6. The molecule has 0 saturated carbocycles. The summed E-state index contributed by atoms with van der Waals surface area (Å²) in [7, 11) is -9.91. The molecule has 0 amide bonds. The molecule has 0 aromatic carbocycles. The molecule has 0 aromatic rings. The zero-order valence-electron chi connectivity index (χ0n) is 66.2. The van der Waals surface area contributed by atoms with Gasteiger partial charge in [0.05, 0.1) is 26.4 Å². The highest BCUT2D eigenvalue weighted by Crippen LogP contribution is 2.45. The Hall–Kier alpha value is -1.94. The van der Waals surface area contributed by atoms with Crippen molar-refractivity contribution in [1.29, 1.82) is 0 Å². The summed E-state index contributed by atoms with van der Waals surface area (Å²) in [5, 5.41) is 10.6. The third kappa shape index (κ3) is 73.4. The zero-order valence-corrected chi connectivity index (χ0v) is 68.0. The van der Waals surface area contributed by atoms with Crippen molar-refractivity contribution >= 4 is 39.5 Å². The molecule has 0 radical (unpaired) electrons. The van der Waals surface area contributed by atoms with Crippen LogP contribution in [0.4, 0.5) is 0 Å². The Balaban J connectivity index is 5.12. The van der Waals surface area contributed by atoms with Gasteiger partial charge in [-0.3, -0.25) is 37.3 Å². The molecule has 0 aliphatic heterocycles. The van der Waals surface area contributed by atoms with Crippen LogP contribution in [0.15, 0.2) is 0 Å². The van der Waals surface area contributed by atoms with E-state index in [-0.39, 0.29) is 25.7 Å². The minimum atomic E-state index is -4.96. The molecule has 0 rings (SSSR count). The van der Waals surface area contributed by atoms with Gasteiger partial charge < -0.3 is 33.8 Å². The summed E-state index contributed by atoms with van der Waals surface area (Å²) in [6.07, 6.45) is 64.4. The number of phosphoric acid groups is 2. The monoisotopic (exact) mass is 1480 g/mol. The molecule has 4 unspecified atom stereocenters. The molecule has 600 valence electrons. The molecule has 0 spiro atoms. The van der Waals surface area contributed by atoms with Crippen LogP contribution in [-0.4, -0.2) is 96.7 Å². The second-order valence-electron chi connectivity index (χ2n) is 30.0. The van der Waals surface area contributed by atoms with Crippen LogP contribution in [0, 0.1) is 11.8 Å². The Morgan fingerprint density at radius 2 is 0.475 bits per heavy atom. The van der Waals surface area contributed by atoms with Crippen LogP contribution < -0.4 is 0 Å². The van der Waals surface area contributed by atoms with E-state index in [2.05, 4.69) is 41.5 Å². The Morgan fingerprint density at radius 3 is 0.703 bits per heavy atom. The van der Waals surface area contributed by atoms with Crippen LogP contribution in [0.5, 0.6) is 0 Å². The van der Waals surface area contributed by atoms with Gasteiger partial charge in [-0.1, -0.05) is 382 Å². The average molecular weight is 1480 g/mol. The smallest absolute Gasteiger partial charge is 0.462 e. The Bertz CT molecular complexity index is 1950. The number of carbonyl (C=O) groups is 4. The second kappa shape index (κ2) is 73.6. The molecule has 0 saturated heterocycles. The van der Waals surface area contributed by atoms with Crippen molar-refractivity contribution in [1.82, 2.24) is 0 Å². The van der Waals surface area contributed by atoms with Gasteiger partial charge in [-0.2, -0.15) is 0 Å². The third-order valence-corrected chi connectivity index (χ3v) is 21.8. The van der Waals surface area contributed by atoms with Gasteiger partial charge in [0.2, 0.25) is 0 Å². The molecular formula is C82H160O17P2. The van der Waals surface area contributed by atoms with E-state index in [9.17, 15) is 43.2 Å². The van der Waals surface area contributed by atoms with Crippen molar-refractivity contribution in [2.24, 2.45) is 11.8 Å². The number of esters is 4. The first kappa shape index (κ1) is 99.1. The molecule has 0 heterocycles. The predicted octanol–water partition coefficient (Wildman–Crippen LogP) is 24.7. The van der Waals surface area contributed by atoms with E-state index in [4.69, 9.17) is 37.0 Å². The molecule has 19 heteroatoms. The topological polar surface area (TPSA) is 237 Å². The Morgan fingerprint density at radius 1 is 0.277 bits per heavy atom. The van der Waals surface area contributed by atoms with Gasteiger partial charge >= 0.3 is 39.5 Å². The van der Waals surface area contributed by atoms with Crippen LogP contribution in [0.25, 0.3) is 0 Å². The normalized spacial score (nSPS) is 14.4. The quantitative estimate of drug-likeness (QED) is 0.0222. The van der Waals surface area contributed by atoms with E-state index >= 15 is 0 Å². The largest absolute Gasteiger partial charge is 0.472 e. The fraction of sp³-hybridized carbons (Fsp3) is 0.951. The van der Waals surface area contributed by atoms with Gasteiger partial charge in [0.25, 0.3) is 0 Å². The second-order valence-corrected chi connectivity index (χ2v) is 32.9. The highest BCUT2D eigenvalue weighted by Gasteiger charge is 2.30. The highest BCUT2D eigenvalue weighted by atomic mass is 31.2. The number of rotatable bonds is 81. The number of hydrogen-bond acceptors (Lipinski definition) is 15. The van der Waals surface area contributed by atoms with Crippen LogP contribution in [-0.2, 0) is 65.4 Å². The number of ether oxygens (including phenoxy) is 4. The summed E-state index contributed by atoms with van der Waals surface area (Å²) >= 11 is 0. The number of phosphoric ester groups is 2. The summed E-state index contributed by atoms with van der Waals surface area (Å²) in [5.41, 5.74) is 0. The predicted molar refractivity (Wildman–Crippen MR) is 414 cm³/mol. The molecule has 0 aliphatic carbocycles. The van der Waals surface area contributed by atoms with E-state index in [1.54, 1.807) is 0 Å². The number of unbranched alkanes of at least 4 members (excludes halogenated alkanes) is 49. The fourth-order valence-corrected chi connectivity index (χ4v) is 14.2. The molecule has 0 aromatic heterocycles. The van der Waals surface area contributed by atoms with Crippen molar-refractivity contribution < 1.29 is 80.2 Å². The first-order valence-corrected chi connectivity index (χ1v) is 45.6. The van der Waals surface area contributed by atoms with Crippen LogP contribution in [0.1, 0.15) is 433 Å². The summed E-state index contributed by atoms with van der Waals surface area (Å²) in [5.74, 6) is -0.527. The fourth-order valence-electron chi connectivity index (χ4n) is 12.6. The standard InChI is InChI=1S/C82H160O17P2/c1-7-11-13-15-17-18-19-20-21-22-23-24-25-26-30-33-36-39-42-46-53-59-65-80(85)93-71-77(98-81(86)66-60-54-47-43-40-37-34-31-28-27-29-32-35-38-41-45-50-56-62-74(5)9-3)72-96-100(88,89)94-68-76(83)69-95-101(90,91)97-73-78(70-92-79(84)64-58-52-44-16-14-12-8-2)99-82(87)67-61-55-49-48-51-57-63-75(6)10-4/h74-78,83H,7-73H2,1-6H3,(H,88,89)(H,90,91)/t74?,75?,76-,77-,78-/m1/s1. The van der Waals surface area contributed by atoms with Crippen molar-refractivity contribution in [3.8, 4) is 0 Å². The molecule has 7 atom stereocenters. The summed E-state index contributed by atoms with van der Waals surface area (Å²) in [6, 6.07) is 0. The van der Waals surface area contributed by atoms with Crippen molar-refractivity contribution in [2.75, 3.05) is 39.6 Å². The van der Waals surface area contributed by atoms with Crippen molar-refractivity contribution in [3.05, 3.63) is 0 Å². The van der Waals surface area contributed by atoms with Gasteiger partial charge in [-0.05, 0) is 37.5 Å². The Kier molecular flexibility index (Phi) is 72.2. The molecule has 0 bridgehead atoms. The van der Waals surface area contributed by atoms with E-state index in [1.807, 2.05) is 0 Å². The lowest BCUT2D eigenvalue weighted by atomic mass is 9.99. The van der Waals surface area contributed by atoms with Crippen LogP contribution >= 0.6 is 15.6 Å². The van der Waals surface area contributed by atoms with Gasteiger partial charge in [-0.15, -0.1) is 0 Å². The summed E-state index contributed by atoms with van der Waals surface area (Å²) < 4.78 is 68.5. The van der Waals surface area contributed by atoms with Gasteiger partial charge in [0.15, 0.2) is 12.2 Å². The maximum Gasteiger partial charge on any atom is 0.472 e. The van der Waals surface area contributed by atoms with Crippen LogP contribution in [0.2, 0.25) is 0 Å². The lowest BCUT2D eigenvalue weighted by molar-refractivity contribution is -0.161. The molecule has 17 nitrogen and oxygen atoms in total.